The highest BCUT2D eigenvalue weighted by Gasteiger charge is 2.12. The Morgan fingerprint density at radius 2 is 2.17 bits per heavy atom. The van der Waals surface area contributed by atoms with Gasteiger partial charge in [0.1, 0.15) is 0 Å². The number of nitrogens with zero attached hydrogens (tertiary/aromatic N) is 1. The zero-order chi connectivity index (χ0) is 13.1. The molecule has 18 heavy (non-hydrogen) atoms. The van der Waals surface area contributed by atoms with Gasteiger partial charge in [0, 0.05) is 10.7 Å². The number of hydrogen-bond donors (Lipinski definition) is 0. The predicted octanol–water partition coefficient (Wildman–Crippen LogP) is 3.98. The maximum Gasteiger partial charge on any atom is 0.230 e. The quantitative estimate of drug-likeness (QED) is 0.805. The molecule has 0 N–H and O–H groups in total. The van der Waals surface area contributed by atoms with Crippen LogP contribution in [-0.2, 0) is 0 Å². The van der Waals surface area contributed by atoms with E-state index in [1.807, 2.05) is 0 Å². The van der Waals surface area contributed by atoms with Crippen LogP contribution in [0.15, 0.2) is 41.0 Å². The minimum atomic E-state index is -0.524. The van der Waals surface area contributed by atoms with E-state index < -0.39 is 5.82 Å². The molecule has 0 saturated heterocycles. The van der Waals surface area contributed by atoms with E-state index in [0.717, 1.165) is 0 Å². The van der Waals surface area contributed by atoms with E-state index in [9.17, 15) is 9.18 Å². The SMILES string of the molecule is CC(=O)c1cccnc1Oc1ccc(Br)cc1F. The Labute approximate surface area is 112 Å². The number of halogens is 2. The van der Waals surface area contributed by atoms with Crippen LogP contribution in [0.2, 0.25) is 0 Å². The molecule has 5 heteroatoms. The van der Waals surface area contributed by atoms with Gasteiger partial charge in [0.05, 0.1) is 5.56 Å². The molecule has 1 heterocycles. The zero-order valence-electron chi connectivity index (χ0n) is 9.48. The Morgan fingerprint density at radius 3 is 2.83 bits per heavy atom. The van der Waals surface area contributed by atoms with Crippen molar-refractivity contribution in [3.05, 3.63) is 52.4 Å². The van der Waals surface area contributed by atoms with Gasteiger partial charge in [0.15, 0.2) is 17.3 Å². The van der Waals surface area contributed by atoms with Gasteiger partial charge in [0.25, 0.3) is 0 Å². The van der Waals surface area contributed by atoms with Gasteiger partial charge in [-0.05, 0) is 37.3 Å². The lowest BCUT2D eigenvalue weighted by Crippen LogP contribution is -1.99. The van der Waals surface area contributed by atoms with Crippen molar-refractivity contribution in [3.8, 4) is 11.6 Å². The predicted molar refractivity (Wildman–Crippen MR) is 68.4 cm³/mol. The first-order valence-electron chi connectivity index (χ1n) is 5.17. The molecule has 0 bridgehead atoms. The maximum atomic E-state index is 13.6. The summed E-state index contributed by atoms with van der Waals surface area (Å²) in [7, 11) is 0. The molecular weight excluding hydrogens is 301 g/mol. The summed E-state index contributed by atoms with van der Waals surface area (Å²) in [6.07, 6.45) is 1.48. The van der Waals surface area contributed by atoms with Crippen LogP contribution < -0.4 is 4.74 Å². The van der Waals surface area contributed by atoms with Crippen LogP contribution in [0.5, 0.6) is 11.6 Å². The molecule has 0 atom stereocenters. The van der Waals surface area contributed by atoms with Crippen molar-refractivity contribution >= 4 is 21.7 Å². The molecule has 2 rings (SSSR count). The van der Waals surface area contributed by atoms with Crippen molar-refractivity contribution in [2.45, 2.75) is 6.92 Å². The number of hydrogen-bond acceptors (Lipinski definition) is 3. The molecule has 3 nitrogen and oxygen atoms in total. The Balaban J connectivity index is 2.37. The highest BCUT2D eigenvalue weighted by molar-refractivity contribution is 9.10. The minimum absolute atomic E-state index is 0.0272. The van der Waals surface area contributed by atoms with Gasteiger partial charge in [0.2, 0.25) is 5.88 Å². The van der Waals surface area contributed by atoms with E-state index in [2.05, 4.69) is 20.9 Å². The van der Waals surface area contributed by atoms with E-state index in [-0.39, 0.29) is 17.4 Å². The number of ketones is 1. The summed E-state index contributed by atoms with van der Waals surface area (Å²) in [6.45, 7) is 1.40. The Hall–Kier alpha value is -1.75. The summed E-state index contributed by atoms with van der Waals surface area (Å²) < 4.78 is 19.5. The standard InChI is InChI=1S/C13H9BrFNO2/c1-8(17)10-3-2-6-16-13(10)18-12-5-4-9(14)7-11(12)15/h2-7H,1H3. The van der Waals surface area contributed by atoms with Crippen molar-refractivity contribution in [3.63, 3.8) is 0 Å². The van der Waals surface area contributed by atoms with E-state index in [4.69, 9.17) is 4.74 Å². The number of rotatable bonds is 3. The van der Waals surface area contributed by atoms with Crippen molar-refractivity contribution < 1.29 is 13.9 Å². The van der Waals surface area contributed by atoms with Gasteiger partial charge in [-0.3, -0.25) is 4.79 Å². The van der Waals surface area contributed by atoms with Crippen LogP contribution in [0.3, 0.4) is 0 Å². The topological polar surface area (TPSA) is 39.2 Å². The summed E-state index contributed by atoms with van der Waals surface area (Å²) in [6, 6.07) is 7.61. The van der Waals surface area contributed by atoms with Crippen LogP contribution in [0, 0.1) is 5.82 Å². The maximum absolute atomic E-state index is 13.6. The molecule has 2 aromatic rings. The van der Waals surface area contributed by atoms with Crippen LogP contribution in [0.4, 0.5) is 4.39 Å². The molecule has 1 aromatic carbocycles. The molecule has 0 spiro atoms. The molecule has 0 fully saturated rings. The summed E-state index contributed by atoms with van der Waals surface area (Å²) >= 11 is 3.15. The van der Waals surface area contributed by atoms with Gasteiger partial charge in [-0.15, -0.1) is 0 Å². The number of benzene rings is 1. The van der Waals surface area contributed by atoms with Crippen molar-refractivity contribution in [1.82, 2.24) is 4.98 Å². The van der Waals surface area contributed by atoms with E-state index in [1.54, 1.807) is 18.2 Å². The summed E-state index contributed by atoms with van der Waals surface area (Å²) in [4.78, 5) is 15.3. The Kier molecular flexibility index (Phi) is 3.72. The van der Waals surface area contributed by atoms with Crippen molar-refractivity contribution in [1.29, 1.82) is 0 Å². The molecule has 0 radical (unpaired) electrons. The average Bonchev–Trinajstić information content (AvgIpc) is 2.33. The minimum Gasteiger partial charge on any atom is -0.435 e. The molecule has 0 aliphatic rings. The van der Waals surface area contributed by atoms with Crippen LogP contribution >= 0.6 is 15.9 Å². The molecule has 1 aromatic heterocycles. The number of carbonyl (C=O) groups is 1. The van der Waals surface area contributed by atoms with Gasteiger partial charge >= 0.3 is 0 Å². The van der Waals surface area contributed by atoms with E-state index >= 15 is 0 Å². The van der Waals surface area contributed by atoms with Gasteiger partial charge in [-0.1, -0.05) is 15.9 Å². The van der Waals surface area contributed by atoms with Crippen molar-refractivity contribution in [2.75, 3.05) is 0 Å². The number of aromatic nitrogens is 1. The van der Waals surface area contributed by atoms with Crippen LogP contribution in [-0.4, -0.2) is 10.8 Å². The first kappa shape index (κ1) is 12.7. The highest BCUT2D eigenvalue weighted by Crippen LogP contribution is 2.27. The second-order valence-corrected chi connectivity index (χ2v) is 4.50. The third-order valence-electron chi connectivity index (χ3n) is 2.25. The highest BCUT2D eigenvalue weighted by atomic mass is 79.9. The Morgan fingerprint density at radius 1 is 1.39 bits per heavy atom. The fourth-order valence-electron chi connectivity index (χ4n) is 1.40. The van der Waals surface area contributed by atoms with Gasteiger partial charge < -0.3 is 4.74 Å². The summed E-state index contributed by atoms with van der Waals surface area (Å²) in [5.74, 6) is -0.578. The largest absolute Gasteiger partial charge is 0.435 e. The first-order valence-corrected chi connectivity index (χ1v) is 5.96. The number of Topliss-reactive ketones (excluding diaryl/α,β-unsaturated/α-hetero) is 1. The molecule has 0 saturated carbocycles. The lowest BCUT2D eigenvalue weighted by atomic mass is 10.2. The lowest BCUT2D eigenvalue weighted by molar-refractivity contribution is 0.101. The molecule has 92 valence electrons. The molecule has 0 aliphatic heterocycles. The second-order valence-electron chi connectivity index (χ2n) is 3.59. The smallest absolute Gasteiger partial charge is 0.230 e. The number of carbonyl (C=O) groups excluding carboxylic acids is 1. The third kappa shape index (κ3) is 2.73. The van der Waals surface area contributed by atoms with Crippen LogP contribution in [0.25, 0.3) is 0 Å². The number of ether oxygens (including phenoxy) is 1. The van der Waals surface area contributed by atoms with E-state index in [0.29, 0.717) is 10.0 Å². The monoisotopic (exact) mass is 309 g/mol. The Bertz CT molecular complexity index is 601. The van der Waals surface area contributed by atoms with E-state index in [1.165, 1.54) is 25.3 Å². The summed E-state index contributed by atoms with van der Waals surface area (Å²) in [5, 5.41) is 0. The average molecular weight is 310 g/mol. The fraction of sp³-hybridized carbons (Fsp3) is 0.0769. The van der Waals surface area contributed by atoms with Crippen molar-refractivity contribution in [2.24, 2.45) is 0 Å². The molecule has 0 amide bonds. The molecule has 0 aliphatic carbocycles. The molecular formula is C13H9BrFNO2. The normalized spacial score (nSPS) is 10.2. The van der Waals surface area contributed by atoms with Gasteiger partial charge in [-0.2, -0.15) is 0 Å². The second kappa shape index (κ2) is 5.27. The van der Waals surface area contributed by atoms with Gasteiger partial charge in [-0.25, -0.2) is 9.37 Å². The lowest BCUT2D eigenvalue weighted by Gasteiger charge is -2.08. The fourth-order valence-corrected chi connectivity index (χ4v) is 1.74. The zero-order valence-corrected chi connectivity index (χ0v) is 11.1. The van der Waals surface area contributed by atoms with Crippen LogP contribution in [0.1, 0.15) is 17.3 Å². The summed E-state index contributed by atoms with van der Waals surface area (Å²) in [5.41, 5.74) is 0.319. The number of pyridine rings is 1. The third-order valence-corrected chi connectivity index (χ3v) is 2.74. The molecule has 0 unspecified atom stereocenters. The first-order chi connectivity index (χ1) is 8.58.